The van der Waals surface area contributed by atoms with Crippen molar-refractivity contribution < 1.29 is 27.4 Å². The topological polar surface area (TPSA) is 40.6 Å². The van der Waals surface area contributed by atoms with E-state index < -0.39 is 6.36 Å². The van der Waals surface area contributed by atoms with E-state index in [0.717, 1.165) is 32.1 Å². The van der Waals surface area contributed by atoms with Crippen LogP contribution in [-0.2, 0) is 0 Å². The van der Waals surface area contributed by atoms with Crippen molar-refractivity contribution in [1.82, 2.24) is 4.98 Å². The number of hydrogen-bond acceptors (Lipinski definition) is 5. The molecule has 0 saturated heterocycles. The number of rotatable bonds is 6. The molecule has 0 bridgehead atoms. The monoisotopic (exact) mass is 457 g/mol. The molecule has 0 spiro atoms. The maximum Gasteiger partial charge on any atom is 0.573 e. The van der Waals surface area contributed by atoms with Gasteiger partial charge >= 0.3 is 6.36 Å². The third kappa shape index (κ3) is 5.03. The standard InChI is InChI=1S/C24H18F3NO3S/c1-29-18-9-11-20-22(14-18)32-23(28-20)16-6-3-15(4-7-16)5-8-17-13-19(31-24(25,26)27)10-12-21(17)30-2/h3-14H,1-2H3/b8-5+. The van der Waals surface area contributed by atoms with Crippen LogP contribution in [0.1, 0.15) is 11.1 Å². The fraction of sp³-hybridized carbons (Fsp3) is 0.125. The molecule has 3 aromatic carbocycles. The van der Waals surface area contributed by atoms with Crippen LogP contribution in [0.5, 0.6) is 17.2 Å². The van der Waals surface area contributed by atoms with Crippen molar-refractivity contribution in [2.45, 2.75) is 6.36 Å². The Labute approximate surface area is 186 Å². The lowest BCUT2D eigenvalue weighted by Crippen LogP contribution is -2.17. The maximum atomic E-state index is 12.5. The zero-order chi connectivity index (χ0) is 22.7. The normalized spacial score (nSPS) is 11.8. The Morgan fingerprint density at radius 3 is 2.28 bits per heavy atom. The third-order valence-corrected chi connectivity index (χ3v) is 5.71. The summed E-state index contributed by atoms with van der Waals surface area (Å²) in [5.74, 6) is 0.923. The molecular weight excluding hydrogens is 439 g/mol. The minimum atomic E-state index is -4.75. The number of thiazole rings is 1. The Hall–Kier alpha value is -3.52. The van der Waals surface area contributed by atoms with Crippen molar-refractivity contribution >= 4 is 33.7 Å². The predicted octanol–water partition coefficient (Wildman–Crippen LogP) is 7.05. The zero-order valence-electron chi connectivity index (χ0n) is 17.1. The molecule has 0 saturated carbocycles. The summed E-state index contributed by atoms with van der Waals surface area (Å²) in [4.78, 5) is 4.67. The quantitative estimate of drug-likeness (QED) is 0.291. The lowest BCUT2D eigenvalue weighted by Gasteiger charge is -2.11. The summed E-state index contributed by atoms with van der Waals surface area (Å²) in [6, 6.07) is 17.4. The molecule has 0 atom stereocenters. The first-order valence-corrected chi connectivity index (χ1v) is 10.3. The van der Waals surface area contributed by atoms with Gasteiger partial charge in [-0.05, 0) is 42.0 Å². The summed E-state index contributed by atoms with van der Waals surface area (Å²) in [6.07, 6.45) is -1.28. The number of fused-ring (bicyclic) bond motifs is 1. The van der Waals surface area contributed by atoms with Crippen molar-refractivity contribution in [3.05, 3.63) is 71.8 Å². The van der Waals surface area contributed by atoms with Crippen LogP contribution in [0, 0.1) is 0 Å². The van der Waals surface area contributed by atoms with Crippen LogP contribution in [0.25, 0.3) is 32.9 Å². The molecule has 0 unspecified atom stereocenters. The summed E-state index contributed by atoms with van der Waals surface area (Å²) in [5, 5.41) is 0.891. The largest absolute Gasteiger partial charge is 0.573 e. The van der Waals surface area contributed by atoms with Gasteiger partial charge in [-0.2, -0.15) is 0 Å². The van der Waals surface area contributed by atoms with Crippen LogP contribution < -0.4 is 14.2 Å². The highest BCUT2D eigenvalue weighted by atomic mass is 32.1. The molecule has 0 aliphatic heterocycles. The molecule has 32 heavy (non-hydrogen) atoms. The minimum Gasteiger partial charge on any atom is -0.497 e. The fourth-order valence-electron chi connectivity index (χ4n) is 3.12. The van der Waals surface area contributed by atoms with Crippen LogP contribution in [0.3, 0.4) is 0 Å². The molecule has 8 heteroatoms. The molecule has 4 aromatic rings. The molecule has 0 radical (unpaired) electrons. The Morgan fingerprint density at radius 1 is 0.844 bits per heavy atom. The molecule has 0 aliphatic rings. The highest BCUT2D eigenvalue weighted by molar-refractivity contribution is 7.21. The maximum absolute atomic E-state index is 12.5. The number of benzene rings is 3. The van der Waals surface area contributed by atoms with Gasteiger partial charge in [-0.3, -0.25) is 0 Å². The van der Waals surface area contributed by atoms with Crippen molar-refractivity contribution in [1.29, 1.82) is 0 Å². The van der Waals surface area contributed by atoms with Crippen LogP contribution in [0.15, 0.2) is 60.7 Å². The Balaban J connectivity index is 1.55. The van der Waals surface area contributed by atoms with Crippen molar-refractivity contribution in [3.8, 4) is 27.8 Å². The smallest absolute Gasteiger partial charge is 0.497 e. The highest BCUT2D eigenvalue weighted by Crippen LogP contribution is 2.33. The van der Waals surface area contributed by atoms with E-state index in [-0.39, 0.29) is 5.75 Å². The zero-order valence-corrected chi connectivity index (χ0v) is 18.0. The molecule has 1 aromatic heterocycles. The molecule has 0 amide bonds. The molecule has 1 heterocycles. The van der Waals surface area contributed by atoms with Gasteiger partial charge in [-0.15, -0.1) is 24.5 Å². The van der Waals surface area contributed by atoms with Gasteiger partial charge in [-0.1, -0.05) is 36.4 Å². The van der Waals surface area contributed by atoms with Crippen molar-refractivity contribution in [2.75, 3.05) is 14.2 Å². The minimum absolute atomic E-state index is 0.305. The SMILES string of the molecule is COc1ccc2nc(-c3ccc(/C=C/c4cc(OC(F)(F)F)ccc4OC)cc3)sc2c1. The van der Waals surface area contributed by atoms with E-state index in [9.17, 15) is 13.2 Å². The summed E-state index contributed by atoms with van der Waals surface area (Å²) in [7, 11) is 3.09. The van der Waals surface area contributed by atoms with Crippen LogP contribution >= 0.6 is 11.3 Å². The molecule has 0 aliphatic carbocycles. The van der Waals surface area contributed by atoms with Gasteiger partial charge in [0.25, 0.3) is 0 Å². The molecule has 164 valence electrons. The van der Waals surface area contributed by atoms with Crippen molar-refractivity contribution in [3.63, 3.8) is 0 Å². The lowest BCUT2D eigenvalue weighted by molar-refractivity contribution is -0.274. The lowest BCUT2D eigenvalue weighted by atomic mass is 10.1. The van der Waals surface area contributed by atoms with Gasteiger partial charge in [-0.25, -0.2) is 4.98 Å². The molecular formula is C24H18F3NO3S. The van der Waals surface area contributed by atoms with Crippen LogP contribution in [0.4, 0.5) is 13.2 Å². The summed E-state index contributed by atoms with van der Waals surface area (Å²) in [5.41, 5.74) is 3.22. The Bertz CT molecular complexity index is 1260. The number of halogens is 3. The van der Waals surface area contributed by atoms with E-state index in [1.807, 2.05) is 42.5 Å². The predicted molar refractivity (Wildman–Crippen MR) is 120 cm³/mol. The summed E-state index contributed by atoms with van der Waals surface area (Å²) in [6.45, 7) is 0. The number of ether oxygens (including phenoxy) is 3. The second-order valence-corrected chi connectivity index (χ2v) is 7.79. The van der Waals surface area contributed by atoms with Gasteiger partial charge in [0.05, 0.1) is 24.4 Å². The average Bonchev–Trinajstić information content (AvgIpc) is 3.20. The fourth-order valence-corrected chi connectivity index (χ4v) is 4.12. The summed E-state index contributed by atoms with van der Waals surface area (Å²) < 4.78 is 53.1. The molecule has 4 nitrogen and oxygen atoms in total. The highest BCUT2D eigenvalue weighted by Gasteiger charge is 2.31. The second-order valence-electron chi connectivity index (χ2n) is 6.76. The summed E-state index contributed by atoms with van der Waals surface area (Å²) >= 11 is 1.58. The Morgan fingerprint density at radius 2 is 1.59 bits per heavy atom. The molecule has 4 rings (SSSR count). The van der Waals surface area contributed by atoms with E-state index >= 15 is 0 Å². The van der Waals surface area contributed by atoms with Crippen LogP contribution in [0.2, 0.25) is 0 Å². The van der Waals surface area contributed by atoms with E-state index in [0.29, 0.717) is 11.3 Å². The third-order valence-electron chi connectivity index (χ3n) is 4.64. The number of aromatic nitrogens is 1. The van der Waals surface area contributed by atoms with Gasteiger partial charge < -0.3 is 14.2 Å². The Kier molecular flexibility index (Phi) is 6.05. The molecule has 0 fully saturated rings. The number of methoxy groups -OCH3 is 2. The number of alkyl halides is 3. The number of nitrogens with zero attached hydrogens (tertiary/aromatic N) is 1. The number of hydrogen-bond donors (Lipinski definition) is 0. The van der Waals surface area contributed by atoms with Crippen LogP contribution in [-0.4, -0.2) is 25.6 Å². The van der Waals surface area contributed by atoms with Gasteiger partial charge in [0.2, 0.25) is 0 Å². The van der Waals surface area contributed by atoms with Gasteiger partial charge in [0, 0.05) is 11.1 Å². The first-order chi connectivity index (χ1) is 15.3. The van der Waals surface area contributed by atoms with Crippen molar-refractivity contribution in [2.24, 2.45) is 0 Å². The van der Waals surface area contributed by atoms with Gasteiger partial charge in [0.1, 0.15) is 22.3 Å². The first kappa shape index (κ1) is 21.7. The molecule has 0 N–H and O–H groups in total. The van der Waals surface area contributed by atoms with Gasteiger partial charge in [0.15, 0.2) is 0 Å². The van der Waals surface area contributed by atoms with E-state index in [1.165, 1.54) is 25.3 Å². The van der Waals surface area contributed by atoms with E-state index in [4.69, 9.17) is 9.47 Å². The van der Waals surface area contributed by atoms with E-state index in [1.54, 1.807) is 30.6 Å². The average molecular weight is 457 g/mol. The van der Waals surface area contributed by atoms with E-state index in [2.05, 4.69) is 9.72 Å². The second kappa shape index (κ2) is 8.92. The first-order valence-electron chi connectivity index (χ1n) is 9.51.